The molecule has 0 unspecified atom stereocenters. The first-order valence-electron chi connectivity index (χ1n) is 7.41. The van der Waals surface area contributed by atoms with Gasteiger partial charge in [-0.25, -0.2) is 0 Å². The van der Waals surface area contributed by atoms with Gasteiger partial charge in [0.15, 0.2) is 12.4 Å². The van der Waals surface area contributed by atoms with Crippen LogP contribution in [0.2, 0.25) is 5.02 Å². The zero-order chi connectivity index (χ0) is 18.5. The van der Waals surface area contributed by atoms with E-state index < -0.39 is 11.8 Å². The summed E-state index contributed by atoms with van der Waals surface area (Å²) in [7, 11) is 0. The Hall–Kier alpha value is -2.46. The highest BCUT2D eigenvalue weighted by molar-refractivity contribution is 14.1. The Morgan fingerprint density at radius 1 is 1.15 bits per heavy atom. The number of carbonyl (C=O) groups excluding carboxylic acids is 2. The fraction of sp³-hybridized carbons (Fsp3) is 0.0588. The number of nitrogens with zero attached hydrogens (tertiary/aromatic N) is 2. The Bertz CT molecular complexity index is 969. The minimum absolute atomic E-state index is 0.292. The molecule has 0 saturated carbocycles. The molecule has 9 heteroatoms. The molecule has 0 spiro atoms. The van der Waals surface area contributed by atoms with Crippen molar-refractivity contribution in [2.45, 2.75) is 0 Å². The zero-order valence-electron chi connectivity index (χ0n) is 13.2. The highest BCUT2D eigenvalue weighted by Crippen LogP contribution is 2.34. The van der Waals surface area contributed by atoms with E-state index in [1.165, 1.54) is 24.5 Å². The lowest BCUT2D eigenvalue weighted by molar-refractivity contribution is -0.123. The third-order valence-corrected chi connectivity index (χ3v) is 4.47. The van der Waals surface area contributed by atoms with Gasteiger partial charge in [-0.1, -0.05) is 11.6 Å². The van der Waals surface area contributed by atoms with E-state index >= 15 is 0 Å². The van der Waals surface area contributed by atoms with Gasteiger partial charge in [0, 0.05) is 29.5 Å². The Morgan fingerprint density at radius 2 is 1.92 bits per heavy atom. The average Bonchev–Trinajstić information content (AvgIpc) is 2.66. The Morgan fingerprint density at radius 3 is 2.69 bits per heavy atom. The molecule has 2 amide bonds. The Balaban J connectivity index is 1.63. The first kappa shape index (κ1) is 18.3. The quantitative estimate of drug-likeness (QED) is 0.441. The highest BCUT2D eigenvalue weighted by atomic mass is 127. The number of hydrogen-bond donors (Lipinski definition) is 2. The number of carbonyl (C=O) groups is 2. The first-order chi connectivity index (χ1) is 12.6. The number of ether oxygens (including phenoxy) is 1. The fourth-order valence-electron chi connectivity index (χ4n) is 2.16. The van der Waals surface area contributed by atoms with Gasteiger partial charge in [0.1, 0.15) is 5.52 Å². The molecule has 0 aliphatic heterocycles. The van der Waals surface area contributed by atoms with Gasteiger partial charge < -0.3 is 4.74 Å². The lowest BCUT2D eigenvalue weighted by atomic mass is 10.2. The number of nitrogens with one attached hydrogen (secondary N) is 2. The van der Waals surface area contributed by atoms with Crippen molar-refractivity contribution in [2.75, 3.05) is 6.61 Å². The first-order valence-corrected chi connectivity index (χ1v) is 8.86. The minimum Gasteiger partial charge on any atom is -0.480 e. The third-order valence-electron chi connectivity index (χ3n) is 3.36. The van der Waals surface area contributed by atoms with Crippen LogP contribution in [0.15, 0.2) is 48.9 Å². The van der Waals surface area contributed by atoms with E-state index in [-0.39, 0.29) is 6.61 Å². The number of rotatable bonds is 4. The van der Waals surface area contributed by atoms with Gasteiger partial charge in [-0.3, -0.25) is 30.4 Å². The second-order valence-electron chi connectivity index (χ2n) is 5.10. The van der Waals surface area contributed by atoms with Crippen LogP contribution in [-0.4, -0.2) is 28.4 Å². The van der Waals surface area contributed by atoms with Crippen LogP contribution in [0.4, 0.5) is 0 Å². The Kier molecular flexibility index (Phi) is 5.84. The van der Waals surface area contributed by atoms with Crippen molar-refractivity contribution in [3.8, 4) is 5.75 Å². The summed E-state index contributed by atoms with van der Waals surface area (Å²) < 4.78 is 6.33. The second-order valence-corrected chi connectivity index (χ2v) is 6.67. The van der Waals surface area contributed by atoms with Crippen molar-refractivity contribution >= 4 is 56.9 Å². The monoisotopic (exact) mass is 482 g/mol. The van der Waals surface area contributed by atoms with E-state index in [9.17, 15) is 9.59 Å². The average molecular weight is 483 g/mol. The molecule has 0 radical (unpaired) electrons. The standard InChI is InChI=1S/C17H12ClIN4O3/c18-12-8-13(19)16(15-11(12)2-1-5-21-15)26-9-14(24)22-23-17(25)10-3-6-20-7-4-10/h1-8H,9H2,(H,22,24)(H,23,25). The van der Waals surface area contributed by atoms with Gasteiger partial charge in [-0.2, -0.15) is 0 Å². The molecular weight excluding hydrogens is 471 g/mol. The molecule has 0 fully saturated rings. The van der Waals surface area contributed by atoms with Gasteiger partial charge in [0.25, 0.3) is 11.8 Å². The molecular formula is C17H12ClIN4O3. The second kappa shape index (κ2) is 8.28. The summed E-state index contributed by atoms with van der Waals surface area (Å²) in [6.45, 7) is -0.292. The molecule has 0 bridgehead atoms. The van der Waals surface area contributed by atoms with Gasteiger partial charge >= 0.3 is 0 Å². The predicted octanol–water partition coefficient (Wildman–Crippen LogP) is 2.73. The molecule has 3 rings (SSSR count). The lowest BCUT2D eigenvalue weighted by Gasteiger charge is -2.12. The highest BCUT2D eigenvalue weighted by Gasteiger charge is 2.14. The van der Waals surface area contributed by atoms with E-state index in [4.69, 9.17) is 16.3 Å². The van der Waals surface area contributed by atoms with Crippen LogP contribution in [-0.2, 0) is 4.79 Å². The van der Waals surface area contributed by atoms with Crippen molar-refractivity contribution in [1.29, 1.82) is 0 Å². The summed E-state index contributed by atoms with van der Waals surface area (Å²) >= 11 is 8.27. The smallest absolute Gasteiger partial charge is 0.276 e. The SMILES string of the molecule is O=C(COc1c(I)cc(Cl)c2cccnc12)NNC(=O)c1ccncc1. The number of halogens is 2. The molecule has 2 aromatic heterocycles. The zero-order valence-corrected chi connectivity index (χ0v) is 16.1. The summed E-state index contributed by atoms with van der Waals surface area (Å²) in [4.78, 5) is 31.9. The summed E-state index contributed by atoms with van der Waals surface area (Å²) in [6, 6.07) is 8.40. The van der Waals surface area contributed by atoms with Crippen molar-refractivity contribution in [1.82, 2.24) is 20.8 Å². The maximum Gasteiger partial charge on any atom is 0.276 e. The number of fused-ring (bicyclic) bond motifs is 1. The maximum absolute atomic E-state index is 12.0. The number of amides is 2. The molecule has 1 aromatic carbocycles. The van der Waals surface area contributed by atoms with Crippen LogP contribution in [0.5, 0.6) is 5.75 Å². The van der Waals surface area contributed by atoms with Crippen molar-refractivity contribution in [3.05, 3.63) is 63.1 Å². The van der Waals surface area contributed by atoms with Gasteiger partial charge in [0.2, 0.25) is 0 Å². The minimum atomic E-state index is -0.512. The predicted molar refractivity (Wildman–Crippen MR) is 105 cm³/mol. The molecule has 0 atom stereocenters. The molecule has 0 aliphatic carbocycles. The summed E-state index contributed by atoms with van der Waals surface area (Å²) in [6.07, 6.45) is 4.59. The molecule has 7 nitrogen and oxygen atoms in total. The van der Waals surface area contributed by atoms with Crippen molar-refractivity contribution < 1.29 is 14.3 Å². The number of benzene rings is 1. The fourth-order valence-corrected chi connectivity index (χ4v) is 3.33. The molecule has 0 saturated heterocycles. The molecule has 132 valence electrons. The van der Waals surface area contributed by atoms with Crippen LogP contribution in [0.1, 0.15) is 10.4 Å². The van der Waals surface area contributed by atoms with Gasteiger partial charge in [-0.15, -0.1) is 0 Å². The van der Waals surface area contributed by atoms with Crippen LogP contribution in [0.3, 0.4) is 0 Å². The van der Waals surface area contributed by atoms with E-state index in [1.54, 1.807) is 18.3 Å². The summed E-state index contributed by atoms with van der Waals surface area (Å²) in [5.41, 5.74) is 5.55. The molecule has 2 heterocycles. The normalized spacial score (nSPS) is 10.4. The number of pyridine rings is 2. The van der Waals surface area contributed by atoms with E-state index in [1.807, 2.05) is 6.07 Å². The molecule has 3 aromatic rings. The third kappa shape index (κ3) is 4.20. The van der Waals surface area contributed by atoms with Gasteiger partial charge in [0.05, 0.1) is 8.59 Å². The van der Waals surface area contributed by atoms with Gasteiger partial charge in [-0.05, 0) is 52.9 Å². The summed E-state index contributed by atoms with van der Waals surface area (Å²) in [5.74, 6) is -0.502. The van der Waals surface area contributed by atoms with Crippen LogP contribution in [0.25, 0.3) is 10.9 Å². The summed E-state index contributed by atoms with van der Waals surface area (Å²) in [5, 5.41) is 1.29. The lowest BCUT2D eigenvalue weighted by Crippen LogP contribution is -2.43. The van der Waals surface area contributed by atoms with Crippen molar-refractivity contribution in [3.63, 3.8) is 0 Å². The molecule has 26 heavy (non-hydrogen) atoms. The van der Waals surface area contributed by atoms with Crippen molar-refractivity contribution in [2.24, 2.45) is 0 Å². The number of hydrogen-bond acceptors (Lipinski definition) is 5. The number of aromatic nitrogens is 2. The van der Waals surface area contributed by atoms with E-state index in [2.05, 4.69) is 43.4 Å². The van der Waals surface area contributed by atoms with Crippen LogP contribution < -0.4 is 15.6 Å². The largest absolute Gasteiger partial charge is 0.480 e. The van der Waals surface area contributed by atoms with Crippen LogP contribution >= 0.6 is 34.2 Å². The molecule has 2 N–H and O–H groups in total. The van der Waals surface area contributed by atoms with Crippen LogP contribution in [0, 0.1) is 3.57 Å². The van der Waals surface area contributed by atoms with E-state index in [0.717, 1.165) is 8.96 Å². The topological polar surface area (TPSA) is 93.2 Å². The number of hydrazine groups is 1. The molecule has 0 aliphatic rings. The van der Waals surface area contributed by atoms with E-state index in [0.29, 0.717) is 21.9 Å². The Labute approximate surface area is 167 Å². The maximum atomic E-state index is 12.0.